The third-order valence-corrected chi connectivity index (χ3v) is 7.70. The summed E-state index contributed by atoms with van der Waals surface area (Å²) in [5.41, 5.74) is 1.39. The van der Waals surface area contributed by atoms with E-state index >= 15 is 0 Å². The van der Waals surface area contributed by atoms with Crippen molar-refractivity contribution in [1.82, 2.24) is 33.9 Å². The second kappa shape index (κ2) is 8.60. The van der Waals surface area contributed by atoms with E-state index in [1.165, 1.54) is 23.7 Å². The summed E-state index contributed by atoms with van der Waals surface area (Å²) < 4.78 is 35.0. The molecule has 0 radical (unpaired) electrons. The number of rotatable bonds is 6. The van der Waals surface area contributed by atoms with Crippen molar-refractivity contribution >= 4 is 21.1 Å². The molecule has 0 unspecified atom stereocenters. The van der Waals surface area contributed by atoms with E-state index in [0.717, 1.165) is 12.2 Å². The number of hydrogen-bond acceptors (Lipinski definition) is 8. The van der Waals surface area contributed by atoms with E-state index in [1.807, 2.05) is 6.92 Å². The van der Waals surface area contributed by atoms with Crippen LogP contribution in [0.25, 0.3) is 22.4 Å². The lowest BCUT2D eigenvalue weighted by Gasteiger charge is -2.33. The van der Waals surface area contributed by atoms with Crippen LogP contribution < -0.4 is 10.3 Å². The Bertz CT molecular complexity index is 1310. The molecule has 4 heterocycles. The summed E-state index contributed by atoms with van der Waals surface area (Å²) in [7, 11) is -0.568. The molecule has 0 aliphatic carbocycles. The zero-order valence-corrected chi connectivity index (χ0v) is 19.4. The molecule has 0 bridgehead atoms. The number of aryl methyl sites for hydroxylation is 2. The van der Waals surface area contributed by atoms with Crippen LogP contribution in [0, 0.1) is 0 Å². The van der Waals surface area contributed by atoms with E-state index in [2.05, 4.69) is 31.9 Å². The molecule has 0 aromatic carbocycles. The van der Waals surface area contributed by atoms with Crippen molar-refractivity contribution < 1.29 is 13.2 Å². The number of methoxy groups -OCH3 is 1. The number of pyridine rings is 1. The number of nitrogens with one attached hydrogen (secondary N) is 1. The SMILES string of the molecule is CCc1c2nc(-c3cc(S(=O)(=O)N4CCN(CC)CC4)cnc3OC)[nH]c(=O)c2nn1C. The van der Waals surface area contributed by atoms with E-state index in [1.54, 1.807) is 11.7 Å². The quantitative estimate of drug-likeness (QED) is 0.566. The molecule has 11 nitrogen and oxygen atoms in total. The van der Waals surface area contributed by atoms with Crippen molar-refractivity contribution in [2.75, 3.05) is 39.8 Å². The van der Waals surface area contributed by atoms with E-state index in [9.17, 15) is 13.2 Å². The molecule has 1 saturated heterocycles. The van der Waals surface area contributed by atoms with Crippen LogP contribution in [0.15, 0.2) is 22.0 Å². The van der Waals surface area contributed by atoms with Gasteiger partial charge >= 0.3 is 0 Å². The molecule has 3 aromatic heterocycles. The van der Waals surface area contributed by atoms with Crippen LogP contribution in [0.2, 0.25) is 0 Å². The van der Waals surface area contributed by atoms with Crippen molar-refractivity contribution in [3.8, 4) is 17.3 Å². The van der Waals surface area contributed by atoms with Crippen LogP contribution in [-0.4, -0.2) is 82.2 Å². The van der Waals surface area contributed by atoms with Crippen molar-refractivity contribution in [2.24, 2.45) is 7.05 Å². The smallest absolute Gasteiger partial charge is 0.279 e. The Kier molecular flexibility index (Phi) is 6.01. The van der Waals surface area contributed by atoms with Gasteiger partial charge in [-0.25, -0.2) is 18.4 Å². The molecule has 4 rings (SSSR count). The molecule has 0 atom stereocenters. The summed E-state index contributed by atoms with van der Waals surface area (Å²) in [6.45, 7) is 7.07. The monoisotopic (exact) mass is 461 g/mol. The van der Waals surface area contributed by atoms with Crippen LogP contribution >= 0.6 is 0 Å². The first-order chi connectivity index (χ1) is 15.3. The number of aromatic amines is 1. The van der Waals surface area contributed by atoms with Crippen molar-refractivity contribution in [1.29, 1.82) is 0 Å². The zero-order valence-electron chi connectivity index (χ0n) is 18.6. The number of hydrogen-bond donors (Lipinski definition) is 1. The molecule has 172 valence electrons. The fraction of sp³-hybridized carbons (Fsp3) is 0.500. The van der Waals surface area contributed by atoms with Crippen LogP contribution in [-0.2, 0) is 23.5 Å². The molecule has 1 aliphatic heterocycles. The number of fused-ring (bicyclic) bond motifs is 1. The van der Waals surface area contributed by atoms with Gasteiger partial charge in [0.1, 0.15) is 16.2 Å². The molecule has 0 spiro atoms. The van der Waals surface area contributed by atoms with Crippen LogP contribution in [0.1, 0.15) is 19.5 Å². The van der Waals surface area contributed by atoms with Crippen LogP contribution in [0.3, 0.4) is 0 Å². The maximum absolute atomic E-state index is 13.3. The molecule has 0 amide bonds. The first kappa shape index (κ1) is 22.4. The fourth-order valence-electron chi connectivity index (χ4n) is 3.99. The number of sulfonamides is 1. The van der Waals surface area contributed by atoms with Crippen LogP contribution in [0.5, 0.6) is 5.88 Å². The second-order valence-electron chi connectivity index (χ2n) is 7.60. The Labute approximate surface area is 186 Å². The minimum absolute atomic E-state index is 0.0305. The van der Waals surface area contributed by atoms with Gasteiger partial charge in [0.2, 0.25) is 15.9 Å². The summed E-state index contributed by atoms with van der Waals surface area (Å²) in [5.74, 6) is 0.353. The Balaban J connectivity index is 1.81. The minimum atomic E-state index is -3.76. The summed E-state index contributed by atoms with van der Waals surface area (Å²) in [4.78, 5) is 26.4. The van der Waals surface area contributed by atoms with Gasteiger partial charge in [-0.1, -0.05) is 13.8 Å². The van der Waals surface area contributed by atoms with Gasteiger partial charge in [-0.2, -0.15) is 9.40 Å². The molecule has 12 heteroatoms. The van der Waals surface area contributed by atoms with Crippen LogP contribution in [0.4, 0.5) is 0 Å². The van der Waals surface area contributed by atoms with E-state index in [4.69, 9.17) is 4.74 Å². The molecule has 0 saturated carbocycles. The van der Waals surface area contributed by atoms with Gasteiger partial charge in [0.15, 0.2) is 5.52 Å². The van der Waals surface area contributed by atoms with Gasteiger partial charge in [-0.15, -0.1) is 0 Å². The Hall–Kier alpha value is -2.83. The molecular weight excluding hydrogens is 434 g/mol. The number of nitrogens with zero attached hydrogens (tertiary/aromatic N) is 6. The highest BCUT2D eigenvalue weighted by Crippen LogP contribution is 2.30. The van der Waals surface area contributed by atoms with Gasteiger partial charge in [0, 0.05) is 33.2 Å². The second-order valence-corrected chi connectivity index (χ2v) is 9.54. The lowest BCUT2D eigenvalue weighted by Crippen LogP contribution is -2.48. The van der Waals surface area contributed by atoms with E-state index < -0.39 is 15.6 Å². The molecule has 1 N–H and O–H groups in total. The fourth-order valence-corrected chi connectivity index (χ4v) is 5.38. The van der Waals surface area contributed by atoms with Gasteiger partial charge in [-0.3, -0.25) is 9.48 Å². The molecule has 1 aliphatic rings. The van der Waals surface area contributed by atoms with E-state index in [0.29, 0.717) is 43.7 Å². The zero-order chi connectivity index (χ0) is 23.0. The van der Waals surface area contributed by atoms with Gasteiger partial charge in [0.25, 0.3) is 5.56 Å². The number of aromatic nitrogens is 5. The first-order valence-electron chi connectivity index (χ1n) is 10.5. The number of ether oxygens (including phenoxy) is 1. The highest BCUT2D eigenvalue weighted by atomic mass is 32.2. The lowest BCUT2D eigenvalue weighted by molar-refractivity contribution is 0.196. The third kappa shape index (κ3) is 3.78. The average Bonchev–Trinajstić information content (AvgIpc) is 3.14. The standard InChI is InChI=1S/C20H27N7O4S/c1-5-15-16-17(24-25(15)3)19(28)23-18(22-16)14-11-13(12-21-20(14)31-4)32(29,30)27-9-7-26(6-2)8-10-27/h11-12H,5-10H2,1-4H3,(H,22,23,28). The number of H-pyrrole nitrogens is 1. The Morgan fingerprint density at radius 3 is 2.50 bits per heavy atom. The van der Waals surface area contributed by atoms with Gasteiger partial charge in [0.05, 0.1) is 24.6 Å². The van der Waals surface area contributed by atoms with Crippen molar-refractivity contribution in [3.05, 3.63) is 28.3 Å². The van der Waals surface area contributed by atoms with Crippen molar-refractivity contribution in [3.63, 3.8) is 0 Å². The number of piperazine rings is 1. The van der Waals surface area contributed by atoms with Crippen molar-refractivity contribution in [2.45, 2.75) is 25.2 Å². The molecular formula is C20H27N7O4S. The highest BCUT2D eigenvalue weighted by molar-refractivity contribution is 7.89. The number of likely N-dealkylation sites (N-methyl/N-ethyl adjacent to an activating group) is 1. The Morgan fingerprint density at radius 1 is 1.16 bits per heavy atom. The molecule has 3 aromatic rings. The summed E-state index contributed by atoms with van der Waals surface area (Å²) >= 11 is 0. The summed E-state index contributed by atoms with van der Waals surface area (Å²) in [6, 6.07) is 1.46. The van der Waals surface area contributed by atoms with E-state index in [-0.39, 0.29) is 22.1 Å². The predicted octanol–water partition coefficient (Wildman–Crippen LogP) is 0.616. The highest BCUT2D eigenvalue weighted by Gasteiger charge is 2.29. The predicted molar refractivity (Wildman–Crippen MR) is 119 cm³/mol. The van der Waals surface area contributed by atoms with Gasteiger partial charge in [-0.05, 0) is 19.0 Å². The summed E-state index contributed by atoms with van der Waals surface area (Å²) in [5, 5.41) is 4.25. The maximum atomic E-state index is 13.3. The Morgan fingerprint density at radius 2 is 1.88 bits per heavy atom. The molecule has 1 fully saturated rings. The normalized spacial score (nSPS) is 16.0. The molecule has 32 heavy (non-hydrogen) atoms. The average molecular weight is 462 g/mol. The maximum Gasteiger partial charge on any atom is 0.279 e. The minimum Gasteiger partial charge on any atom is -0.480 e. The largest absolute Gasteiger partial charge is 0.480 e. The third-order valence-electron chi connectivity index (χ3n) is 5.83. The first-order valence-corrected chi connectivity index (χ1v) is 12.0. The lowest BCUT2D eigenvalue weighted by atomic mass is 10.2. The van der Waals surface area contributed by atoms with Gasteiger partial charge < -0.3 is 14.6 Å². The summed E-state index contributed by atoms with van der Waals surface area (Å²) in [6.07, 6.45) is 1.92. The topological polar surface area (TPSA) is 126 Å².